The molecule has 4 aliphatic rings. The summed E-state index contributed by atoms with van der Waals surface area (Å²) in [6.45, 7) is 3.93. The highest BCUT2D eigenvalue weighted by atomic mass is 32.2. The Morgan fingerprint density at radius 3 is 2.23 bits per heavy atom. The number of aliphatic hydroxyl groups excluding tert-OH is 2. The molecule has 8 unspecified atom stereocenters. The monoisotopic (exact) mass is 682 g/mol. The number of nitrogens with zero attached hydrogens (tertiary/aromatic N) is 1. The van der Waals surface area contributed by atoms with Gasteiger partial charge in [-0.05, 0) is 127 Å². The van der Waals surface area contributed by atoms with Gasteiger partial charge in [0.2, 0.25) is 10.0 Å². The van der Waals surface area contributed by atoms with E-state index in [1.807, 2.05) is 18.4 Å². The summed E-state index contributed by atoms with van der Waals surface area (Å²) in [5, 5.41) is 30.1. The van der Waals surface area contributed by atoms with E-state index in [4.69, 9.17) is 5.11 Å². The molecule has 3 aromatic rings. The third kappa shape index (κ3) is 5.70. The zero-order valence-electron chi connectivity index (χ0n) is 27.3. The zero-order chi connectivity index (χ0) is 34.1. The van der Waals surface area contributed by atoms with Crippen molar-refractivity contribution in [1.82, 2.24) is 9.29 Å². The van der Waals surface area contributed by atoms with Gasteiger partial charge in [-0.3, -0.25) is 4.79 Å². The van der Waals surface area contributed by atoms with Crippen molar-refractivity contribution < 1.29 is 37.3 Å². The molecular weight excluding hydrogens is 638 g/mol. The molecule has 8 atom stereocenters. The van der Waals surface area contributed by atoms with Gasteiger partial charge in [0.1, 0.15) is 16.5 Å². The minimum absolute atomic E-state index is 0.0904. The summed E-state index contributed by atoms with van der Waals surface area (Å²) in [6, 6.07) is 11.3. The lowest BCUT2D eigenvalue weighted by molar-refractivity contribution is -0.139. The van der Waals surface area contributed by atoms with Gasteiger partial charge in [-0.1, -0.05) is 26.0 Å². The second-order valence-corrected chi connectivity index (χ2v) is 16.8. The van der Waals surface area contributed by atoms with E-state index in [1.165, 1.54) is 37.1 Å². The highest BCUT2D eigenvalue weighted by Gasteiger charge is 2.70. The van der Waals surface area contributed by atoms with Crippen LogP contribution in [0.25, 0.3) is 22.4 Å². The predicted molar refractivity (Wildman–Crippen MR) is 176 cm³/mol. The fourth-order valence-electron chi connectivity index (χ4n) is 10.2. The number of aromatic nitrogens is 1. The standard InChI is InChI=1S/C37H44F2N2O6S/c1-20(2)34-36(48(46,47)40-33-24-13-21-14-25-15-30(33)37(25,18-21)19-24)32(22-3-7-26(38)8-4-22)35(23-5-9-27(39)10-6-23)41(34)12-11-28(42)16-29(43)17-31(44)45/h3-10,20-21,24-25,28-30,33,40,42-43H,11-19H2,1-2H3,(H,44,45). The Labute approximate surface area is 280 Å². The Kier molecular flexibility index (Phi) is 8.58. The van der Waals surface area contributed by atoms with Crippen LogP contribution >= 0.6 is 0 Å². The Morgan fingerprint density at radius 2 is 1.60 bits per heavy atom. The van der Waals surface area contributed by atoms with Crippen LogP contribution in [0, 0.1) is 40.7 Å². The molecule has 4 aliphatic carbocycles. The van der Waals surface area contributed by atoms with Gasteiger partial charge in [0.05, 0.1) is 24.3 Å². The van der Waals surface area contributed by atoms with Gasteiger partial charge in [0, 0.05) is 23.8 Å². The van der Waals surface area contributed by atoms with E-state index in [2.05, 4.69) is 4.72 Å². The molecule has 48 heavy (non-hydrogen) atoms. The van der Waals surface area contributed by atoms with Crippen LogP contribution in [0.3, 0.4) is 0 Å². The average molecular weight is 683 g/mol. The van der Waals surface area contributed by atoms with Crippen LogP contribution in [0.4, 0.5) is 8.78 Å². The van der Waals surface area contributed by atoms with E-state index >= 15 is 0 Å². The van der Waals surface area contributed by atoms with Crippen molar-refractivity contribution in [3.63, 3.8) is 0 Å². The first-order valence-electron chi connectivity index (χ1n) is 17.2. The number of halogens is 2. The molecule has 0 saturated heterocycles. The first kappa shape index (κ1) is 33.4. The average Bonchev–Trinajstić information content (AvgIpc) is 3.51. The molecule has 11 heteroatoms. The van der Waals surface area contributed by atoms with E-state index in [-0.39, 0.29) is 41.7 Å². The van der Waals surface area contributed by atoms with E-state index in [1.54, 1.807) is 24.3 Å². The van der Waals surface area contributed by atoms with Crippen molar-refractivity contribution in [1.29, 1.82) is 0 Å². The third-order valence-electron chi connectivity index (χ3n) is 11.9. The molecule has 3 bridgehead atoms. The Hall–Kier alpha value is -3.12. The maximum atomic E-state index is 15.0. The first-order chi connectivity index (χ1) is 22.8. The number of aliphatic hydroxyl groups is 2. The highest BCUT2D eigenvalue weighted by molar-refractivity contribution is 7.89. The number of carbonyl (C=O) groups is 1. The Bertz CT molecular complexity index is 1810. The normalized spacial score (nSPS) is 28.4. The van der Waals surface area contributed by atoms with Crippen LogP contribution in [0.5, 0.6) is 0 Å². The zero-order valence-corrected chi connectivity index (χ0v) is 28.1. The number of sulfonamides is 1. The molecule has 1 heterocycles. The highest BCUT2D eigenvalue weighted by Crippen LogP contribution is 2.75. The second kappa shape index (κ2) is 12.3. The number of carboxylic acids is 1. The van der Waals surface area contributed by atoms with Gasteiger partial charge in [0.15, 0.2) is 0 Å². The Balaban J connectivity index is 1.36. The van der Waals surface area contributed by atoms with E-state index in [0.717, 1.165) is 19.3 Å². The van der Waals surface area contributed by atoms with Gasteiger partial charge in [0.25, 0.3) is 0 Å². The summed E-state index contributed by atoms with van der Waals surface area (Å²) in [7, 11) is -4.17. The van der Waals surface area contributed by atoms with Crippen LogP contribution in [-0.4, -0.2) is 52.5 Å². The number of benzene rings is 2. The van der Waals surface area contributed by atoms with E-state index in [9.17, 15) is 32.2 Å². The van der Waals surface area contributed by atoms with Crippen LogP contribution in [0.15, 0.2) is 53.4 Å². The quantitative estimate of drug-likeness (QED) is 0.168. The largest absolute Gasteiger partial charge is 0.481 e. The van der Waals surface area contributed by atoms with Crippen LogP contribution in [-0.2, 0) is 21.4 Å². The lowest BCUT2D eigenvalue weighted by atomic mass is 9.55. The lowest BCUT2D eigenvalue weighted by Gasteiger charge is -2.50. The smallest absolute Gasteiger partial charge is 0.305 e. The number of fused-ring (bicyclic) bond motifs is 2. The summed E-state index contributed by atoms with van der Waals surface area (Å²) >= 11 is 0. The van der Waals surface area contributed by atoms with Crippen LogP contribution < -0.4 is 4.72 Å². The molecular formula is C37H44F2N2O6S. The minimum atomic E-state index is -4.17. The van der Waals surface area contributed by atoms with Gasteiger partial charge in [-0.25, -0.2) is 21.9 Å². The molecule has 0 aliphatic heterocycles. The molecule has 2 aromatic carbocycles. The Morgan fingerprint density at radius 1 is 0.958 bits per heavy atom. The SMILES string of the molecule is CC(C)c1c(S(=O)(=O)NC2C3CC4CC5CC2C5(C4)C3)c(-c2ccc(F)cc2)c(-c2ccc(F)cc2)n1CCC(O)CC(O)CC(=O)O. The van der Waals surface area contributed by atoms with E-state index < -0.39 is 46.3 Å². The number of rotatable bonds is 13. The van der Waals surface area contributed by atoms with Gasteiger partial charge in [-0.2, -0.15) is 0 Å². The number of hydrogen-bond acceptors (Lipinski definition) is 5. The van der Waals surface area contributed by atoms with Gasteiger partial charge in [-0.15, -0.1) is 0 Å². The number of hydrogen-bond donors (Lipinski definition) is 4. The number of nitrogens with one attached hydrogen (secondary N) is 1. The topological polar surface area (TPSA) is 129 Å². The van der Waals surface area contributed by atoms with Crippen molar-refractivity contribution in [3.8, 4) is 22.4 Å². The first-order valence-corrected chi connectivity index (χ1v) is 18.6. The second-order valence-electron chi connectivity index (χ2n) is 15.1. The fraction of sp³-hybridized carbons (Fsp3) is 0.541. The van der Waals surface area contributed by atoms with Crippen molar-refractivity contribution >= 4 is 16.0 Å². The van der Waals surface area contributed by atoms with Crippen LogP contribution in [0.2, 0.25) is 0 Å². The predicted octanol–water partition coefficient (Wildman–Crippen LogP) is 6.30. The molecule has 258 valence electrons. The molecule has 0 radical (unpaired) electrons. The maximum Gasteiger partial charge on any atom is 0.305 e. The van der Waals surface area contributed by atoms with Gasteiger partial charge >= 0.3 is 5.97 Å². The molecule has 7 rings (SSSR count). The molecule has 8 nitrogen and oxygen atoms in total. The summed E-state index contributed by atoms with van der Waals surface area (Å²) in [4.78, 5) is 11.2. The van der Waals surface area contributed by atoms with Crippen molar-refractivity contribution in [3.05, 3.63) is 65.9 Å². The summed E-state index contributed by atoms with van der Waals surface area (Å²) in [6.07, 6.45) is 2.72. The number of carboxylic acid groups (broad SMARTS) is 1. The summed E-state index contributed by atoms with van der Waals surface area (Å²) in [5.41, 5.74) is 2.68. The van der Waals surface area contributed by atoms with Crippen molar-refractivity contribution in [2.24, 2.45) is 29.1 Å². The van der Waals surface area contributed by atoms with Crippen LogP contribution in [0.1, 0.15) is 76.8 Å². The van der Waals surface area contributed by atoms with Crippen molar-refractivity contribution in [2.45, 2.75) is 101 Å². The maximum absolute atomic E-state index is 15.0. The molecule has 4 saturated carbocycles. The van der Waals surface area contributed by atoms with Crippen molar-refractivity contribution in [2.75, 3.05) is 0 Å². The molecule has 1 spiro atoms. The summed E-state index contributed by atoms with van der Waals surface area (Å²) in [5.74, 6) is -0.449. The molecule has 4 N–H and O–H groups in total. The summed E-state index contributed by atoms with van der Waals surface area (Å²) < 4.78 is 63.5. The lowest BCUT2D eigenvalue weighted by Crippen LogP contribution is -2.51. The molecule has 1 aromatic heterocycles. The minimum Gasteiger partial charge on any atom is -0.481 e. The van der Waals surface area contributed by atoms with E-state index in [0.29, 0.717) is 51.7 Å². The molecule has 0 amide bonds. The molecule has 4 fully saturated rings. The fourth-order valence-corrected chi connectivity index (χ4v) is 12.1. The number of aliphatic carboxylic acids is 1. The third-order valence-corrected chi connectivity index (χ3v) is 13.4. The van der Waals surface area contributed by atoms with Gasteiger partial charge < -0.3 is 19.9 Å².